The van der Waals surface area contributed by atoms with Gasteiger partial charge in [-0.05, 0) is 37.7 Å². The average molecular weight is 339 g/mol. The van der Waals surface area contributed by atoms with E-state index in [0.717, 1.165) is 58.3 Å². The average Bonchev–Trinajstić information content (AvgIpc) is 2.67. The summed E-state index contributed by atoms with van der Waals surface area (Å²) >= 11 is 0. The zero-order valence-electron chi connectivity index (χ0n) is 15.0. The third kappa shape index (κ3) is 5.75. The maximum absolute atomic E-state index is 12.4. The van der Waals surface area contributed by atoms with Crippen LogP contribution in [0.5, 0.6) is 0 Å². The highest BCUT2D eigenvalue weighted by molar-refractivity contribution is 5.74. The fourth-order valence-corrected chi connectivity index (χ4v) is 3.46. The van der Waals surface area contributed by atoms with Crippen LogP contribution in [0, 0.1) is 0 Å². The first-order valence-corrected chi connectivity index (χ1v) is 9.46. The van der Waals surface area contributed by atoms with E-state index >= 15 is 0 Å². The van der Waals surface area contributed by atoms with Crippen molar-refractivity contribution in [1.82, 2.24) is 15.1 Å². The van der Waals surface area contributed by atoms with Gasteiger partial charge in [-0.2, -0.15) is 0 Å². The lowest BCUT2D eigenvalue weighted by Gasteiger charge is -2.35. The van der Waals surface area contributed by atoms with Gasteiger partial charge >= 0.3 is 6.03 Å². The molecule has 2 amide bonds. The van der Waals surface area contributed by atoms with E-state index in [9.17, 15) is 4.79 Å². The third-order valence-electron chi connectivity index (χ3n) is 4.80. The normalized spacial score (nSPS) is 18.1. The maximum Gasteiger partial charge on any atom is 0.318 e. The molecule has 1 aliphatic heterocycles. The molecule has 0 saturated carbocycles. The van der Waals surface area contributed by atoms with Crippen LogP contribution in [0.2, 0.25) is 0 Å². The summed E-state index contributed by atoms with van der Waals surface area (Å²) in [5, 5.41) is 3.09. The van der Waals surface area contributed by atoms with Gasteiger partial charge in [0.1, 0.15) is 0 Å². The van der Waals surface area contributed by atoms with E-state index in [4.69, 9.17) is 0 Å². The first kappa shape index (κ1) is 17.7. The van der Waals surface area contributed by atoms with E-state index < -0.39 is 0 Å². The van der Waals surface area contributed by atoms with Crippen LogP contribution in [0.3, 0.4) is 0 Å². The fourth-order valence-electron chi connectivity index (χ4n) is 3.46. The molecular weight excluding hydrogens is 310 g/mol. The fraction of sp³-hybridized carbons (Fsp3) is 0.476. The minimum Gasteiger partial charge on any atom is -0.338 e. The molecule has 0 unspecified atom stereocenters. The van der Waals surface area contributed by atoms with Crippen molar-refractivity contribution in [3.63, 3.8) is 0 Å². The summed E-state index contributed by atoms with van der Waals surface area (Å²) in [4.78, 5) is 16.7. The lowest BCUT2D eigenvalue weighted by Crippen LogP contribution is -2.50. The molecule has 0 atom stereocenters. The van der Waals surface area contributed by atoms with Crippen molar-refractivity contribution < 1.29 is 4.79 Å². The van der Waals surface area contributed by atoms with E-state index in [1.165, 1.54) is 11.1 Å². The molecule has 0 radical (unpaired) electrons. The lowest BCUT2D eigenvalue weighted by molar-refractivity contribution is 0.0985. The van der Waals surface area contributed by atoms with Crippen LogP contribution in [0.25, 0.3) is 0 Å². The predicted molar refractivity (Wildman–Crippen MR) is 102 cm³/mol. The molecule has 0 aromatic heterocycles. The molecule has 1 N–H and O–H groups in total. The topological polar surface area (TPSA) is 35.6 Å². The van der Waals surface area contributed by atoms with Gasteiger partial charge < -0.3 is 10.2 Å². The van der Waals surface area contributed by atoms with Gasteiger partial charge in [-0.3, -0.25) is 4.90 Å². The van der Waals surface area contributed by atoms with Gasteiger partial charge in [0.2, 0.25) is 0 Å². The van der Waals surface area contributed by atoms with Gasteiger partial charge in [-0.1, -0.05) is 54.1 Å². The second-order valence-corrected chi connectivity index (χ2v) is 6.89. The van der Waals surface area contributed by atoms with Crippen LogP contribution in [0.1, 0.15) is 37.7 Å². The highest BCUT2D eigenvalue weighted by Crippen LogP contribution is 2.14. The highest BCUT2D eigenvalue weighted by Gasteiger charge is 2.21. The number of hydrogen-bond acceptors (Lipinski definition) is 2. The summed E-state index contributed by atoms with van der Waals surface area (Å²) in [6.45, 7) is 4.28. The molecule has 4 heteroatoms. The van der Waals surface area contributed by atoms with Gasteiger partial charge in [0.25, 0.3) is 0 Å². The Morgan fingerprint density at radius 3 is 2.80 bits per heavy atom. The Bertz CT molecular complexity index is 609. The first-order chi connectivity index (χ1) is 12.3. The molecule has 0 bridgehead atoms. The van der Waals surface area contributed by atoms with E-state index in [2.05, 4.69) is 52.7 Å². The number of amides is 2. The van der Waals surface area contributed by atoms with Gasteiger partial charge in [0.05, 0.1) is 6.67 Å². The summed E-state index contributed by atoms with van der Waals surface area (Å²) in [7, 11) is 0. The quantitative estimate of drug-likeness (QED) is 0.798. The number of carbonyl (C=O) groups is 1. The zero-order valence-corrected chi connectivity index (χ0v) is 15.0. The third-order valence-corrected chi connectivity index (χ3v) is 4.80. The van der Waals surface area contributed by atoms with E-state index in [1.807, 2.05) is 11.0 Å². The SMILES string of the molecule is O=C(NCCCC1=CCCC=C1)N1CCCN(Cc2ccccc2)C1. The summed E-state index contributed by atoms with van der Waals surface area (Å²) in [6.07, 6.45) is 12.2. The van der Waals surface area contributed by atoms with E-state index in [1.54, 1.807) is 0 Å². The molecule has 1 aliphatic carbocycles. The zero-order chi connectivity index (χ0) is 17.3. The molecule has 1 aromatic rings. The maximum atomic E-state index is 12.4. The second-order valence-electron chi connectivity index (χ2n) is 6.89. The molecule has 1 saturated heterocycles. The minimum absolute atomic E-state index is 0.0749. The van der Waals surface area contributed by atoms with Crippen molar-refractivity contribution in [1.29, 1.82) is 0 Å². The Morgan fingerprint density at radius 1 is 1.12 bits per heavy atom. The summed E-state index contributed by atoms with van der Waals surface area (Å²) in [6, 6.07) is 10.5. The van der Waals surface area contributed by atoms with Crippen LogP contribution in [-0.2, 0) is 6.54 Å². The predicted octanol–water partition coefficient (Wildman–Crippen LogP) is 3.92. The standard InChI is InChI=1S/C21H29N3O/c25-21(22-14-7-13-19-9-3-1-4-10-19)24-16-8-15-23(18-24)17-20-11-5-2-6-12-20/h2-3,5-6,9-12H,1,4,7-8,13-18H2,(H,22,25). The van der Waals surface area contributed by atoms with Gasteiger partial charge in [0.15, 0.2) is 0 Å². The molecule has 1 fully saturated rings. The molecule has 1 heterocycles. The Kier molecular flexibility index (Phi) is 6.69. The Morgan fingerprint density at radius 2 is 2.00 bits per heavy atom. The van der Waals surface area contributed by atoms with Crippen molar-refractivity contribution in [2.45, 2.75) is 38.6 Å². The van der Waals surface area contributed by atoms with Crippen molar-refractivity contribution in [2.24, 2.45) is 0 Å². The number of rotatable bonds is 6. The molecule has 1 aromatic carbocycles. The molecular formula is C21H29N3O. The van der Waals surface area contributed by atoms with Gasteiger partial charge in [-0.25, -0.2) is 4.79 Å². The van der Waals surface area contributed by atoms with Crippen LogP contribution in [0.15, 0.2) is 54.1 Å². The summed E-state index contributed by atoms with van der Waals surface area (Å²) < 4.78 is 0. The van der Waals surface area contributed by atoms with Gasteiger partial charge in [0, 0.05) is 26.2 Å². The minimum atomic E-state index is 0.0749. The monoisotopic (exact) mass is 339 g/mol. The van der Waals surface area contributed by atoms with Crippen molar-refractivity contribution in [3.8, 4) is 0 Å². The van der Waals surface area contributed by atoms with Gasteiger partial charge in [-0.15, -0.1) is 0 Å². The number of urea groups is 1. The van der Waals surface area contributed by atoms with Crippen molar-refractivity contribution in [3.05, 3.63) is 59.7 Å². The number of carbonyl (C=O) groups excluding carboxylic acids is 1. The Balaban J connectivity index is 1.38. The number of allylic oxidation sites excluding steroid dienone is 4. The molecule has 3 rings (SSSR count). The molecule has 0 spiro atoms. The Hall–Kier alpha value is -2.07. The Labute approximate surface area is 151 Å². The highest BCUT2D eigenvalue weighted by atomic mass is 16.2. The largest absolute Gasteiger partial charge is 0.338 e. The second kappa shape index (κ2) is 9.42. The number of hydrogen-bond donors (Lipinski definition) is 1. The molecule has 25 heavy (non-hydrogen) atoms. The summed E-state index contributed by atoms with van der Waals surface area (Å²) in [5.74, 6) is 0. The van der Waals surface area contributed by atoms with Crippen LogP contribution < -0.4 is 5.32 Å². The summed E-state index contributed by atoms with van der Waals surface area (Å²) in [5.41, 5.74) is 2.71. The van der Waals surface area contributed by atoms with Crippen molar-refractivity contribution in [2.75, 3.05) is 26.3 Å². The number of nitrogens with one attached hydrogen (secondary N) is 1. The van der Waals surface area contributed by atoms with E-state index in [-0.39, 0.29) is 6.03 Å². The lowest BCUT2D eigenvalue weighted by atomic mass is 10.0. The number of benzene rings is 1. The van der Waals surface area contributed by atoms with Crippen LogP contribution in [-0.4, -0.2) is 42.1 Å². The molecule has 2 aliphatic rings. The smallest absolute Gasteiger partial charge is 0.318 e. The van der Waals surface area contributed by atoms with E-state index in [0.29, 0.717) is 6.67 Å². The first-order valence-electron chi connectivity index (χ1n) is 9.46. The van der Waals surface area contributed by atoms with Crippen LogP contribution >= 0.6 is 0 Å². The molecule has 4 nitrogen and oxygen atoms in total. The number of nitrogens with zero attached hydrogens (tertiary/aromatic N) is 2. The molecule has 134 valence electrons. The van der Waals surface area contributed by atoms with Crippen molar-refractivity contribution >= 4 is 6.03 Å². The van der Waals surface area contributed by atoms with Crippen LogP contribution in [0.4, 0.5) is 4.79 Å².